The number of nitrogens with zero attached hydrogens (tertiary/aromatic N) is 2. The van der Waals surface area contributed by atoms with Crippen LogP contribution < -0.4 is 0 Å². The average molecular weight is 186 g/mol. The van der Waals surface area contributed by atoms with Gasteiger partial charge < -0.3 is 5.11 Å². The molecule has 3 nitrogen and oxygen atoms in total. The smallest absolute Gasteiger partial charge is 0.0681 e. The number of benzene rings is 1. The van der Waals surface area contributed by atoms with Gasteiger partial charge in [0.1, 0.15) is 0 Å². The van der Waals surface area contributed by atoms with Gasteiger partial charge in [-0.3, -0.25) is 0 Å². The molecule has 1 heterocycles. The van der Waals surface area contributed by atoms with Crippen LogP contribution in [0.15, 0.2) is 42.7 Å². The van der Waals surface area contributed by atoms with Crippen molar-refractivity contribution in [1.82, 2.24) is 10.2 Å². The Morgan fingerprint density at radius 2 is 1.71 bits per heavy atom. The summed E-state index contributed by atoms with van der Waals surface area (Å²) in [6, 6.07) is 9.62. The predicted molar refractivity (Wildman–Crippen MR) is 53.4 cm³/mol. The van der Waals surface area contributed by atoms with Gasteiger partial charge in [0, 0.05) is 5.56 Å². The van der Waals surface area contributed by atoms with Crippen LogP contribution in [0.25, 0.3) is 11.1 Å². The van der Waals surface area contributed by atoms with Gasteiger partial charge in [-0.2, -0.15) is 10.2 Å². The molecule has 1 N–H and O–H groups in total. The highest BCUT2D eigenvalue weighted by atomic mass is 16.3. The van der Waals surface area contributed by atoms with Crippen molar-refractivity contribution < 1.29 is 5.11 Å². The zero-order chi connectivity index (χ0) is 9.80. The van der Waals surface area contributed by atoms with Crippen LogP contribution in [0.5, 0.6) is 0 Å². The first-order valence-electron chi connectivity index (χ1n) is 4.37. The molecule has 2 rings (SSSR count). The third kappa shape index (κ3) is 1.78. The fourth-order valence-electron chi connectivity index (χ4n) is 1.26. The number of aliphatic hydroxyl groups excluding tert-OH is 1. The van der Waals surface area contributed by atoms with Crippen molar-refractivity contribution in [1.29, 1.82) is 0 Å². The molecular weight excluding hydrogens is 176 g/mol. The summed E-state index contributed by atoms with van der Waals surface area (Å²) in [4.78, 5) is 0. The predicted octanol–water partition coefficient (Wildman–Crippen LogP) is 1.64. The fourth-order valence-corrected chi connectivity index (χ4v) is 1.26. The van der Waals surface area contributed by atoms with E-state index in [9.17, 15) is 0 Å². The summed E-state index contributed by atoms with van der Waals surface area (Å²) < 4.78 is 0. The second kappa shape index (κ2) is 3.98. The molecular formula is C11H10N2O. The third-order valence-electron chi connectivity index (χ3n) is 2.05. The lowest BCUT2D eigenvalue weighted by Crippen LogP contribution is -1.84. The molecule has 0 spiro atoms. The minimum absolute atomic E-state index is 0.0782. The summed E-state index contributed by atoms with van der Waals surface area (Å²) in [6.45, 7) is 0.0782. The summed E-state index contributed by atoms with van der Waals surface area (Å²) in [7, 11) is 0. The zero-order valence-corrected chi connectivity index (χ0v) is 7.59. The highest BCUT2D eigenvalue weighted by molar-refractivity contribution is 5.61. The summed E-state index contributed by atoms with van der Waals surface area (Å²) in [5.74, 6) is 0. The van der Waals surface area contributed by atoms with E-state index in [2.05, 4.69) is 10.2 Å². The molecule has 1 aromatic carbocycles. The number of aromatic nitrogens is 2. The van der Waals surface area contributed by atoms with Crippen molar-refractivity contribution in [3.63, 3.8) is 0 Å². The Balaban J connectivity index is 2.34. The van der Waals surface area contributed by atoms with Crippen LogP contribution in [0.3, 0.4) is 0 Å². The molecule has 2 aromatic rings. The lowest BCUT2D eigenvalue weighted by atomic mass is 10.1. The van der Waals surface area contributed by atoms with Crippen molar-refractivity contribution in [2.75, 3.05) is 0 Å². The maximum Gasteiger partial charge on any atom is 0.0681 e. The van der Waals surface area contributed by atoms with Crippen molar-refractivity contribution in [3.8, 4) is 11.1 Å². The van der Waals surface area contributed by atoms with Crippen molar-refractivity contribution in [3.05, 3.63) is 48.3 Å². The highest BCUT2D eigenvalue weighted by Gasteiger charge is 1.96. The Morgan fingerprint density at radius 3 is 2.29 bits per heavy atom. The number of rotatable bonds is 2. The average Bonchev–Trinajstić information content (AvgIpc) is 2.30. The van der Waals surface area contributed by atoms with Gasteiger partial charge in [0.25, 0.3) is 0 Å². The maximum absolute atomic E-state index is 8.88. The van der Waals surface area contributed by atoms with Gasteiger partial charge in [-0.25, -0.2) is 0 Å². The number of hydrogen-bond acceptors (Lipinski definition) is 3. The van der Waals surface area contributed by atoms with E-state index in [-0.39, 0.29) is 6.61 Å². The number of hydrogen-bond donors (Lipinski definition) is 1. The molecule has 0 aliphatic carbocycles. The molecule has 0 saturated heterocycles. The van der Waals surface area contributed by atoms with E-state index in [1.165, 1.54) is 0 Å². The lowest BCUT2D eigenvalue weighted by molar-refractivity contribution is 0.282. The molecule has 3 heteroatoms. The first-order chi connectivity index (χ1) is 6.90. The van der Waals surface area contributed by atoms with Gasteiger partial charge in [0.05, 0.1) is 19.0 Å². The number of aliphatic hydroxyl groups is 1. The molecule has 0 aliphatic heterocycles. The molecule has 0 aliphatic rings. The Hall–Kier alpha value is -1.74. The van der Waals surface area contributed by atoms with Crippen LogP contribution in [-0.2, 0) is 6.61 Å². The largest absolute Gasteiger partial charge is 0.392 e. The van der Waals surface area contributed by atoms with E-state index in [1.54, 1.807) is 12.4 Å². The summed E-state index contributed by atoms with van der Waals surface area (Å²) >= 11 is 0. The third-order valence-corrected chi connectivity index (χ3v) is 2.05. The van der Waals surface area contributed by atoms with Gasteiger partial charge in [-0.15, -0.1) is 0 Å². The van der Waals surface area contributed by atoms with Crippen LogP contribution >= 0.6 is 0 Å². The van der Waals surface area contributed by atoms with Crippen molar-refractivity contribution in [2.45, 2.75) is 6.61 Å². The fraction of sp³-hybridized carbons (Fsp3) is 0.0909. The molecule has 0 amide bonds. The molecule has 14 heavy (non-hydrogen) atoms. The molecule has 0 bridgehead atoms. The van der Waals surface area contributed by atoms with Gasteiger partial charge in [0.15, 0.2) is 0 Å². The van der Waals surface area contributed by atoms with Crippen LogP contribution in [0.2, 0.25) is 0 Å². The quantitative estimate of drug-likeness (QED) is 0.775. The van der Waals surface area contributed by atoms with E-state index in [0.717, 1.165) is 16.7 Å². The molecule has 0 fully saturated rings. The molecule has 0 unspecified atom stereocenters. The molecule has 70 valence electrons. The van der Waals surface area contributed by atoms with Crippen LogP contribution in [0.1, 0.15) is 5.56 Å². The Bertz CT molecular complexity index is 397. The van der Waals surface area contributed by atoms with Crippen molar-refractivity contribution in [2.24, 2.45) is 0 Å². The van der Waals surface area contributed by atoms with E-state index < -0.39 is 0 Å². The summed E-state index contributed by atoms with van der Waals surface area (Å²) in [5, 5.41) is 16.4. The van der Waals surface area contributed by atoms with E-state index in [4.69, 9.17) is 5.11 Å². The van der Waals surface area contributed by atoms with Crippen LogP contribution in [0, 0.1) is 0 Å². The minimum atomic E-state index is 0.0782. The monoisotopic (exact) mass is 186 g/mol. The Morgan fingerprint density at radius 1 is 0.929 bits per heavy atom. The summed E-state index contributed by atoms with van der Waals surface area (Å²) in [6.07, 6.45) is 3.38. The standard InChI is InChI=1S/C11H10N2O/c14-8-9-1-3-10(4-2-9)11-5-6-12-13-7-11/h1-7,14H,8H2. The lowest BCUT2D eigenvalue weighted by Gasteiger charge is -2.01. The van der Waals surface area contributed by atoms with Gasteiger partial charge >= 0.3 is 0 Å². The highest BCUT2D eigenvalue weighted by Crippen LogP contribution is 2.17. The molecule has 0 radical (unpaired) electrons. The van der Waals surface area contributed by atoms with Crippen molar-refractivity contribution >= 4 is 0 Å². The van der Waals surface area contributed by atoms with Crippen LogP contribution in [-0.4, -0.2) is 15.3 Å². The van der Waals surface area contributed by atoms with E-state index in [1.807, 2.05) is 30.3 Å². The SMILES string of the molecule is OCc1ccc(-c2ccnnc2)cc1. The summed E-state index contributed by atoms with van der Waals surface area (Å²) in [5.41, 5.74) is 3.03. The van der Waals surface area contributed by atoms with Gasteiger partial charge in [-0.05, 0) is 17.2 Å². The molecule has 0 atom stereocenters. The zero-order valence-electron chi connectivity index (χ0n) is 7.59. The van der Waals surface area contributed by atoms with E-state index in [0.29, 0.717) is 0 Å². The van der Waals surface area contributed by atoms with Gasteiger partial charge in [0.2, 0.25) is 0 Å². The second-order valence-electron chi connectivity index (χ2n) is 2.99. The van der Waals surface area contributed by atoms with Gasteiger partial charge in [-0.1, -0.05) is 24.3 Å². The first-order valence-corrected chi connectivity index (χ1v) is 4.37. The minimum Gasteiger partial charge on any atom is -0.392 e. The maximum atomic E-state index is 8.88. The Kier molecular flexibility index (Phi) is 2.51. The topological polar surface area (TPSA) is 46.0 Å². The second-order valence-corrected chi connectivity index (χ2v) is 2.99. The Labute approximate surface area is 82.1 Å². The molecule has 0 saturated carbocycles. The first kappa shape index (κ1) is 8.84. The van der Waals surface area contributed by atoms with E-state index >= 15 is 0 Å². The van der Waals surface area contributed by atoms with Crippen LogP contribution in [0.4, 0.5) is 0 Å². The molecule has 1 aromatic heterocycles. The normalized spacial score (nSPS) is 10.1.